The van der Waals surface area contributed by atoms with Gasteiger partial charge in [0.15, 0.2) is 6.20 Å². The number of hydrogen-bond acceptors (Lipinski definition) is 5. The molecule has 7 nitrogen and oxygen atoms in total. The Labute approximate surface area is 135 Å². The lowest BCUT2D eigenvalue weighted by Crippen LogP contribution is -2.68. The lowest BCUT2D eigenvalue weighted by atomic mass is 10.2. The first-order valence-electron chi connectivity index (χ1n) is 6.53. The zero-order valence-corrected chi connectivity index (χ0v) is 13.0. The van der Waals surface area contributed by atoms with Crippen molar-refractivity contribution in [3.05, 3.63) is 66.9 Å². The topological polar surface area (TPSA) is 114 Å². The van der Waals surface area contributed by atoms with Crippen LogP contribution in [0.3, 0.4) is 0 Å². The molecular weight excluding hydrogens is 322 g/mol. The molecule has 0 bridgehead atoms. The number of benzene rings is 2. The zero-order valence-electron chi connectivity index (χ0n) is 12.2. The summed E-state index contributed by atoms with van der Waals surface area (Å²) in [4.78, 5) is 1.89. The summed E-state index contributed by atoms with van der Waals surface area (Å²) in [6, 6.07) is 20.3. The Morgan fingerprint density at radius 3 is 1.87 bits per heavy atom. The standard InChI is InChI=1S/C15H14N3.ClHO4/c1-17-12-15(13-8-4-2-5-9-13)16-18(17)14-10-6-3-7-11-14;2-1(3,4)5/h2-12H,1H3;(H,2,3,4,5)/q+1;/p-1. The average Bonchev–Trinajstić information content (AvgIpc) is 2.89. The van der Waals surface area contributed by atoms with Gasteiger partial charge in [0.2, 0.25) is 5.69 Å². The van der Waals surface area contributed by atoms with Gasteiger partial charge in [-0.1, -0.05) is 48.5 Å². The van der Waals surface area contributed by atoms with Crippen LogP contribution in [0.2, 0.25) is 0 Å². The van der Waals surface area contributed by atoms with Gasteiger partial charge in [0.25, 0.3) is 0 Å². The molecule has 1 aromatic heterocycles. The van der Waals surface area contributed by atoms with Crippen molar-refractivity contribution >= 4 is 0 Å². The monoisotopic (exact) mass is 335 g/mol. The van der Waals surface area contributed by atoms with Gasteiger partial charge in [0.05, 0.1) is 5.10 Å². The Bertz CT molecular complexity index is 736. The highest BCUT2D eigenvalue weighted by atomic mass is 35.7. The van der Waals surface area contributed by atoms with Crippen molar-refractivity contribution in [1.82, 2.24) is 9.90 Å². The average molecular weight is 336 g/mol. The van der Waals surface area contributed by atoms with Crippen molar-refractivity contribution in [3.8, 4) is 16.9 Å². The Kier molecular flexibility index (Phi) is 5.43. The van der Waals surface area contributed by atoms with Crippen LogP contribution in [-0.2, 0) is 7.05 Å². The van der Waals surface area contributed by atoms with E-state index in [0.717, 1.165) is 16.9 Å². The fourth-order valence-electron chi connectivity index (χ4n) is 1.97. The van der Waals surface area contributed by atoms with Gasteiger partial charge >= 0.3 is 0 Å². The smallest absolute Gasteiger partial charge is 0.222 e. The third kappa shape index (κ3) is 5.44. The van der Waals surface area contributed by atoms with Crippen LogP contribution in [0.1, 0.15) is 0 Å². The highest BCUT2D eigenvalue weighted by molar-refractivity contribution is 5.56. The maximum absolute atomic E-state index is 8.49. The maximum Gasteiger partial charge on any atom is 0.249 e. The van der Waals surface area contributed by atoms with E-state index >= 15 is 0 Å². The Morgan fingerprint density at radius 2 is 1.35 bits per heavy atom. The number of para-hydroxylation sites is 1. The molecule has 3 aromatic rings. The molecular formula is C15H14ClN3O4. The van der Waals surface area contributed by atoms with E-state index in [2.05, 4.69) is 17.2 Å². The number of hydrogen-bond donors (Lipinski definition) is 0. The quantitative estimate of drug-likeness (QED) is 0.485. The molecule has 1 heterocycles. The molecule has 0 amide bonds. The van der Waals surface area contributed by atoms with Crippen molar-refractivity contribution in [2.75, 3.05) is 0 Å². The summed E-state index contributed by atoms with van der Waals surface area (Å²) in [5, 5.41) is 4.63. The second-order valence-electron chi connectivity index (χ2n) is 4.56. The molecule has 0 radical (unpaired) electrons. The zero-order chi connectivity index (χ0) is 16.9. The number of rotatable bonds is 2. The highest BCUT2D eigenvalue weighted by Gasteiger charge is 2.15. The largest absolute Gasteiger partial charge is 0.249 e. The van der Waals surface area contributed by atoms with Crippen LogP contribution in [0.5, 0.6) is 0 Å². The summed E-state index contributed by atoms with van der Waals surface area (Å²) in [5.74, 6) is 0. The van der Waals surface area contributed by atoms with Crippen LogP contribution in [0.25, 0.3) is 16.9 Å². The number of aryl methyl sites for hydroxylation is 1. The molecule has 8 heteroatoms. The predicted octanol–water partition coefficient (Wildman–Crippen LogP) is -2.39. The molecule has 0 aliphatic heterocycles. The van der Waals surface area contributed by atoms with E-state index in [-0.39, 0.29) is 0 Å². The Hall–Kier alpha value is -2.29. The molecule has 0 spiro atoms. The fourth-order valence-corrected chi connectivity index (χ4v) is 1.97. The van der Waals surface area contributed by atoms with E-state index < -0.39 is 10.2 Å². The second kappa shape index (κ2) is 7.32. The minimum absolute atomic E-state index is 0.974. The first kappa shape index (κ1) is 17.1. The molecule has 0 aliphatic rings. The van der Waals surface area contributed by atoms with E-state index in [0.29, 0.717) is 0 Å². The molecule has 0 atom stereocenters. The van der Waals surface area contributed by atoms with Gasteiger partial charge in [-0.15, -0.1) is 10.2 Å². The van der Waals surface area contributed by atoms with E-state index in [1.807, 2.05) is 71.3 Å². The molecule has 2 aromatic carbocycles. The van der Waals surface area contributed by atoms with Crippen molar-refractivity contribution in [3.63, 3.8) is 0 Å². The normalized spacial score (nSPS) is 10.8. The van der Waals surface area contributed by atoms with E-state index in [9.17, 15) is 0 Å². The van der Waals surface area contributed by atoms with Crippen LogP contribution in [0.15, 0.2) is 66.9 Å². The first-order valence-corrected chi connectivity index (χ1v) is 7.76. The van der Waals surface area contributed by atoms with Gasteiger partial charge in [0.1, 0.15) is 12.7 Å². The highest BCUT2D eigenvalue weighted by Crippen LogP contribution is 2.15. The minimum Gasteiger partial charge on any atom is -0.222 e. The fraction of sp³-hybridized carbons (Fsp3) is 0.0667. The molecule has 0 N–H and O–H groups in total. The minimum atomic E-state index is -4.94. The van der Waals surface area contributed by atoms with Gasteiger partial charge in [-0.3, -0.25) is 0 Å². The SMILES string of the molecule is C[n+]1cc(-c2ccccc2)nn1-c1ccccc1.[O-][Cl+3]([O-])([O-])[O-]. The molecule has 23 heavy (non-hydrogen) atoms. The van der Waals surface area contributed by atoms with Crippen molar-refractivity contribution in [2.45, 2.75) is 0 Å². The number of nitrogens with zero attached hydrogens (tertiary/aromatic N) is 3. The van der Waals surface area contributed by atoms with Crippen molar-refractivity contribution in [1.29, 1.82) is 0 Å². The maximum atomic E-state index is 8.49. The van der Waals surface area contributed by atoms with E-state index in [4.69, 9.17) is 18.6 Å². The lowest BCUT2D eigenvalue weighted by Gasteiger charge is -2.17. The molecule has 0 saturated carbocycles. The van der Waals surface area contributed by atoms with E-state index in [1.165, 1.54) is 0 Å². The van der Waals surface area contributed by atoms with Gasteiger partial charge in [-0.2, -0.15) is 4.68 Å². The van der Waals surface area contributed by atoms with Gasteiger partial charge in [-0.25, -0.2) is 18.6 Å². The molecule has 3 rings (SSSR count). The van der Waals surface area contributed by atoms with Crippen LogP contribution in [0, 0.1) is 10.2 Å². The molecule has 0 saturated heterocycles. The second-order valence-corrected chi connectivity index (χ2v) is 5.31. The summed E-state index contributed by atoms with van der Waals surface area (Å²) in [6.45, 7) is 0. The molecule has 0 unspecified atom stereocenters. The van der Waals surface area contributed by atoms with Crippen molar-refractivity contribution < 1.29 is 33.6 Å². The van der Waals surface area contributed by atoms with E-state index in [1.54, 1.807) is 0 Å². The van der Waals surface area contributed by atoms with Gasteiger partial charge < -0.3 is 0 Å². The third-order valence-corrected chi connectivity index (χ3v) is 2.87. The first-order chi connectivity index (χ1) is 10.8. The van der Waals surface area contributed by atoms with Crippen molar-refractivity contribution in [2.24, 2.45) is 7.05 Å². The Balaban J connectivity index is 0.000000338. The third-order valence-electron chi connectivity index (χ3n) is 2.87. The summed E-state index contributed by atoms with van der Waals surface area (Å²) in [7, 11) is -2.95. The molecule has 0 aliphatic carbocycles. The van der Waals surface area contributed by atoms with Crippen LogP contribution >= 0.6 is 0 Å². The predicted molar refractivity (Wildman–Crippen MR) is 70.2 cm³/mol. The summed E-state index contributed by atoms with van der Waals surface area (Å²) < 4.78 is 36.0. The summed E-state index contributed by atoms with van der Waals surface area (Å²) in [5.41, 5.74) is 3.16. The van der Waals surface area contributed by atoms with Gasteiger partial charge in [-0.05, 0) is 16.9 Å². The number of aromatic nitrogens is 3. The van der Waals surface area contributed by atoms with Crippen LogP contribution in [-0.4, -0.2) is 9.90 Å². The van der Waals surface area contributed by atoms with Gasteiger partial charge in [0, 0.05) is 5.56 Å². The Morgan fingerprint density at radius 1 is 0.870 bits per heavy atom. The summed E-state index contributed by atoms with van der Waals surface area (Å²) >= 11 is 0. The van der Waals surface area contributed by atoms with Crippen LogP contribution < -0.4 is 23.3 Å². The number of halogens is 1. The molecule has 120 valence electrons. The summed E-state index contributed by atoms with van der Waals surface area (Å²) in [6.07, 6.45) is 2.03. The lowest BCUT2D eigenvalue weighted by molar-refractivity contribution is -2.00. The van der Waals surface area contributed by atoms with Crippen LogP contribution in [0.4, 0.5) is 0 Å². The molecule has 0 fully saturated rings.